The van der Waals surface area contributed by atoms with E-state index in [1.54, 1.807) is 13.2 Å². The summed E-state index contributed by atoms with van der Waals surface area (Å²) in [5.41, 5.74) is 1.71. The van der Waals surface area contributed by atoms with Crippen molar-refractivity contribution in [2.75, 3.05) is 13.7 Å². The number of Topliss-reactive ketones (excluding diaryl/α,β-unsaturated/α-hetero) is 1. The molecule has 3 nitrogen and oxygen atoms in total. The maximum atomic E-state index is 11.3. The number of methoxy groups -OCH3 is 1. The lowest BCUT2D eigenvalue weighted by atomic mass is 10.1. The van der Waals surface area contributed by atoms with Gasteiger partial charge in [0.25, 0.3) is 0 Å². The van der Waals surface area contributed by atoms with Crippen molar-refractivity contribution in [3.05, 3.63) is 23.3 Å². The average Bonchev–Trinajstić information content (AvgIpc) is 2.62. The van der Waals surface area contributed by atoms with E-state index < -0.39 is 0 Å². The van der Waals surface area contributed by atoms with Gasteiger partial charge in [0.2, 0.25) is 0 Å². The molecule has 0 saturated carbocycles. The Kier molecular flexibility index (Phi) is 2.15. The summed E-state index contributed by atoms with van der Waals surface area (Å²) < 4.78 is 10.5. The molecule has 14 heavy (non-hydrogen) atoms. The Morgan fingerprint density at radius 1 is 1.50 bits per heavy atom. The Bertz CT molecular complexity index is 382. The van der Waals surface area contributed by atoms with Crippen LogP contribution in [0.25, 0.3) is 0 Å². The second-order valence-corrected chi connectivity index (χ2v) is 3.31. The van der Waals surface area contributed by atoms with Crippen LogP contribution in [0.1, 0.15) is 22.8 Å². The third-order valence-electron chi connectivity index (χ3n) is 2.39. The zero-order chi connectivity index (χ0) is 10.1. The topological polar surface area (TPSA) is 35.5 Å². The number of hydrogen-bond acceptors (Lipinski definition) is 3. The summed E-state index contributed by atoms with van der Waals surface area (Å²) in [6.07, 6.45) is 0.893. The number of fused-ring (bicyclic) bond motifs is 1. The molecule has 0 N–H and O–H groups in total. The van der Waals surface area contributed by atoms with Crippen molar-refractivity contribution in [2.24, 2.45) is 0 Å². The van der Waals surface area contributed by atoms with Crippen LogP contribution in [-0.4, -0.2) is 19.5 Å². The van der Waals surface area contributed by atoms with E-state index in [2.05, 4.69) is 0 Å². The van der Waals surface area contributed by atoms with Gasteiger partial charge in [0, 0.05) is 12.0 Å². The molecule has 1 aromatic rings. The Balaban J connectivity index is 2.54. The number of ketones is 1. The molecule has 74 valence electrons. The zero-order valence-corrected chi connectivity index (χ0v) is 8.29. The van der Waals surface area contributed by atoms with Crippen LogP contribution in [0.2, 0.25) is 0 Å². The van der Waals surface area contributed by atoms with Crippen LogP contribution < -0.4 is 9.47 Å². The van der Waals surface area contributed by atoms with Gasteiger partial charge in [-0.15, -0.1) is 0 Å². The van der Waals surface area contributed by atoms with Crippen molar-refractivity contribution in [3.8, 4) is 11.5 Å². The van der Waals surface area contributed by atoms with Gasteiger partial charge in [-0.3, -0.25) is 4.79 Å². The molecule has 1 aromatic carbocycles. The summed E-state index contributed by atoms with van der Waals surface area (Å²) in [7, 11) is 1.57. The highest BCUT2D eigenvalue weighted by Crippen LogP contribution is 2.32. The molecule has 0 spiro atoms. The van der Waals surface area contributed by atoms with E-state index in [4.69, 9.17) is 9.47 Å². The molecule has 0 fully saturated rings. The highest BCUT2D eigenvalue weighted by molar-refractivity contribution is 5.97. The number of rotatable bonds is 2. The van der Waals surface area contributed by atoms with Gasteiger partial charge in [-0.2, -0.15) is 0 Å². The average molecular weight is 192 g/mol. The first-order chi connectivity index (χ1) is 6.72. The molecule has 0 aromatic heterocycles. The standard InChI is InChI=1S/C11H12O3/c1-7(12)9-6-10-8(3-4-14-10)5-11(9)13-2/h5-6H,3-4H2,1-2H3. The van der Waals surface area contributed by atoms with Crippen LogP contribution in [0, 0.1) is 0 Å². The SMILES string of the molecule is COc1cc2c(cc1C(C)=O)OCC2. The summed E-state index contributed by atoms with van der Waals surface area (Å²) >= 11 is 0. The number of carbonyl (C=O) groups is 1. The molecule has 1 aliphatic heterocycles. The van der Waals surface area contributed by atoms with Crippen molar-refractivity contribution in [1.82, 2.24) is 0 Å². The van der Waals surface area contributed by atoms with Gasteiger partial charge in [0.15, 0.2) is 5.78 Å². The molecule has 0 bridgehead atoms. The fourth-order valence-electron chi connectivity index (χ4n) is 1.65. The predicted octanol–water partition coefficient (Wildman–Crippen LogP) is 1.83. The predicted molar refractivity (Wildman–Crippen MR) is 52.2 cm³/mol. The number of carbonyl (C=O) groups excluding carboxylic acids is 1. The van der Waals surface area contributed by atoms with Crippen molar-refractivity contribution in [1.29, 1.82) is 0 Å². The van der Waals surface area contributed by atoms with E-state index in [0.717, 1.165) is 17.7 Å². The van der Waals surface area contributed by atoms with Crippen molar-refractivity contribution >= 4 is 5.78 Å². The molecule has 0 aliphatic carbocycles. The summed E-state index contributed by atoms with van der Waals surface area (Å²) in [5, 5.41) is 0. The van der Waals surface area contributed by atoms with E-state index in [1.807, 2.05) is 6.07 Å². The lowest BCUT2D eigenvalue weighted by Gasteiger charge is -2.07. The molecule has 0 saturated heterocycles. The highest BCUT2D eigenvalue weighted by Gasteiger charge is 2.18. The molecule has 0 atom stereocenters. The number of benzene rings is 1. The maximum Gasteiger partial charge on any atom is 0.163 e. The Hall–Kier alpha value is -1.51. The minimum atomic E-state index is 0.000139. The Labute approximate surface area is 82.6 Å². The van der Waals surface area contributed by atoms with Crippen LogP contribution in [-0.2, 0) is 6.42 Å². The monoisotopic (exact) mass is 192 g/mol. The molecule has 0 radical (unpaired) electrons. The Morgan fingerprint density at radius 2 is 2.29 bits per heavy atom. The van der Waals surface area contributed by atoms with Crippen LogP contribution in [0.15, 0.2) is 12.1 Å². The Morgan fingerprint density at radius 3 is 2.93 bits per heavy atom. The highest BCUT2D eigenvalue weighted by atomic mass is 16.5. The first-order valence-electron chi connectivity index (χ1n) is 4.57. The van der Waals surface area contributed by atoms with Gasteiger partial charge in [0.1, 0.15) is 11.5 Å². The minimum Gasteiger partial charge on any atom is -0.496 e. The summed E-state index contributed by atoms with van der Waals surface area (Å²) in [4.78, 5) is 11.3. The van der Waals surface area contributed by atoms with Crippen LogP contribution in [0.3, 0.4) is 0 Å². The van der Waals surface area contributed by atoms with Gasteiger partial charge >= 0.3 is 0 Å². The molecule has 1 heterocycles. The lowest BCUT2D eigenvalue weighted by molar-refractivity contribution is 0.101. The lowest BCUT2D eigenvalue weighted by Crippen LogP contribution is -1.98. The number of ether oxygens (including phenoxy) is 2. The largest absolute Gasteiger partial charge is 0.496 e. The molecular weight excluding hydrogens is 180 g/mol. The summed E-state index contributed by atoms with van der Waals surface area (Å²) in [6, 6.07) is 3.66. The van der Waals surface area contributed by atoms with Crippen molar-refractivity contribution in [3.63, 3.8) is 0 Å². The smallest absolute Gasteiger partial charge is 0.163 e. The van der Waals surface area contributed by atoms with Gasteiger partial charge in [-0.05, 0) is 19.1 Å². The second-order valence-electron chi connectivity index (χ2n) is 3.31. The van der Waals surface area contributed by atoms with Crippen LogP contribution in [0.4, 0.5) is 0 Å². The van der Waals surface area contributed by atoms with E-state index >= 15 is 0 Å². The molecule has 3 heteroatoms. The normalized spacial score (nSPS) is 13.3. The van der Waals surface area contributed by atoms with Gasteiger partial charge < -0.3 is 9.47 Å². The summed E-state index contributed by atoms with van der Waals surface area (Å²) in [5.74, 6) is 1.46. The zero-order valence-electron chi connectivity index (χ0n) is 8.29. The molecular formula is C11H12O3. The third kappa shape index (κ3) is 1.35. The molecule has 1 aliphatic rings. The van der Waals surface area contributed by atoms with Gasteiger partial charge in [-0.1, -0.05) is 0 Å². The first kappa shape index (κ1) is 9.06. The van der Waals surface area contributed by atoms with Crippen molar-refractivity contribution in [2.45, 2.75) is 13.3 Å². The number of hydrogen-bond donors (Lipinski definition) is 0. The molecule has 0 unspecified atom stereocenters. The fraction of sp³-hybridized carbons (Fsp3) is 0.364. The fourth-order valence-corrected chi connectivity index (χ4v) is 1.65. The third-order valence-corrected chi connectivity index (χ3v) is 2.39. The first-order valence-corrected chi connectivity index (χ1v) is 4.57. The summed E-state index contributed by atoms with van der Waals surface area (Å²) in [6.45, 7) is 2.22. The van der Waals surface area contributed by atoms with Gasteiger partial charge in [0.05, 0.1) is 19.3 Å². The van der Waals surface area contributed by atoms with Crippen molar-refractivity contribution < 1.29 is 14.3 Å². The van der Waals surface area contributed by atoms with E-state index in [-0.39, 0.29) is 5.78 Å². The quantitative estimate of drug-likeness (QED) is 0.670. The minimum absolute atomic E-state index is 0.000139. The second kappa shape index (κ2) is 3.33. The van der Waals surface area contributed by atoms with E-state index in [9.17, 15) is 4.79 Å². The van der Waals surface area contributed by atoms with Crippen LogP contribution >= 0.6 is 0 Å². The van der Waals surface area contributed by atoms with Crippen LogP contribution in [0.5, 0.6) is 11.5 Å². The van der Waals surface area contributed by atoms with Gasteiger partial charge in [-0.25, -0.2) is 0 Å². The van der Waals surface area contributed by atoms with E-state index in [0.29, 0.717) is 17.9 Å². The molecule has 2 rings (SSSR count). The van der Waals surface area contributed by atoms with E-state index in [1.165, 1.54) is 6.92 Å². The maximum absolute atomic E-state index is 11.3. The molecule has 0 amide bonds.